The second kappa shape index (κ2) is 4.07. The average molecular weight is 242 g/mol. The summed E-state index contributed by atoms with van der Waals surface area (Å²) in [6.45, 7) is 0. The lowest BCUT2D eigenvalue weighted by molar-refractivity contribution is -0.00218. The van der Waals surface area contributed by atoms with Gasteiger partial charge in [0.15, 0.2) is 0 Å². The van der Waals surface area contributed by atoms with Crippen LogP contribution in [0.25, 0.3) is 0 Å². The summed E-state index contributed by atoms with van der Waals surface area (Å²) in [6.07, 6.45) is 1.07. The Morgan fingerprint density at radius 2 is 2.00 bits per heavy atom. The maximum absolute atomic E-state index is 12.3. The van der Waals surface area contributed by atoms with Crippen LogP contribution in [0.3, 0.4) is 0 Å². The van der Waals surface area contributed by atoms with E-state index < -0.39 is 20.0 Å². The molecule has 1 atom stereocenters. The van der Waals surface area contributed by atoms with Gasteiger partial charge >= 0.3 is 15.4 Å². The largest absolute Gasteiger partial charge is 0.319 e. The minimum Gasteiger partial charge on any atom is -0.195 e. The predicted octanol–water partition coefficient (Wildman–Crippen LogP) is 1.43. The number of thiol groups is 1. The van der Waals surface area contributed by atoms with Gasteiger partial charge in [-0.15, -0.1) is 24.4 Å². The van der Waals surface area contributed by atoms with Crippen molar-refractivity contribution in [1.82, 2.24) is 0 Å². The number of hydrogen-bond acceptors (Lipinski definition) is 5. The van der Waals surface area contributed by atoms with Gasteiger partial charge in [0, 0.05) is 0 Å². The maximum Gasteiger partial charge on any atom is 0.319 e. The van der Waals surface area contributed by atoms with Gasteiger partial charge in [-0.25, -0.2) is 0 Å². The molecule has 0 bridgehead atoms. The van der Waals surface area contributed by atoms with Gasteiger partial charge in [0.05, 0.1) is 0 Å². The molecule has 0 aliphatic carbocycles. The Hall–Kier alpha value is 0.400. The summed E-state index contributed by atoms with van der Waals surface area (Å²) < 4.78 is 56.8. The van der Waals surface area contributed by atoms with E-state index in [1.54, 1.807) is 0 Å². The summed E-state index contributed by atoms with van der Waals surface area (Å²) in [7, 11) is -4.90. The molecule has 0 aromatic rings. The molecule has 0 spiro atoms. The van der Waals surface area contributed by atoms with E-state index in [1.165, 1.54) is 0 Å². The van der Waals surface area contributed by atoms with Gasteiger partial charge < -0.3 is 0 Å². The maximum atomic E-state index is 12.3. The van der Waals surface area contributed by atoms with Crippen LogP contribution >= 0.6 is 24.4 Å². The Kier molecular flexibility index (Phi) is 4.21. The molecule has 0 radical (unpaired) electrons. The fourth-order valence-corrected chi connectivity index (χ4v) is 2.90. The van der Waals surface area contributed by atoms with E-state index in [9.17, 15) is 21.7 Å². The molecular formula is C3H5F3O3S3. The van der Waals surface area contributed by atoms with Gasteiger partial charge in [-0.2, -0.15) is 17.2 Å². The van der Waals surface area contributed by atoms with Gasteiger partial charge in [0.1, 0.15) is 0 Å². The molecule has 12 heavy (non-hydrogen) atoms. The lowest BCUT2D eigenvalue weighted by Gasteiger charge is -2.17. The van der Waals surface area contributed by atoms with Crippen molar-refractivity contribution >= 4 is 34.5 Å². The molecule has 1 unspecified atom stereocenters. The van der Waals surface area contributed by atoms with Crippen molar-refractivity contribution in [1.29, 1.82) is 0 Å². The molecule has 74 valence electrons. The van der Waals surface area contributed by atoms with Crippen molar-refractivity contribution in [3.05, 3.63) is 0 Å². The molecule has 0 fully saturated rings. The van der Waals surface area contributed by atoms with E-state index in [1.807, 2.05) is 0 Å². The molecule has 3 nitrogen and oxygen atoms in total. The van der Waals surface area contributed by atoms with Crippen molar-refractivity contribution in [2.75, 3.05) is 6.26 Å². The highest BCUT2D eigenvalue weighted by Crippen LogP contribution is 2.35. The summed E-state index contributed by atoms with van der Waals surface area (Å²) in [5.74, 6) is 0. The molecule has 0 aromatic carbocycles. The van der Waals surface area contributed by atoms with Gasteiger partial charge in [0.25, 0.3) is 0 Å². The second-order valence-electron chi connectivity index (χ2n) is 1.71. The number of hydrogen-bond donors (Lipinski definition) is 1. The van der Waals surface area contributed by atoms with E-state index in [-0.39, 0.29) is 11.8 Å². The molecule has 0 saturated carbocycles. The number of thioether (sulfide) groups is 1. The first-order valence-corrected chi connectivity index (χ1v) is 5.63. The molecule has 9 heteroatoms. The van der Waals surface area contributed by atoms with Gasteiger partial charge in [-0.3, -0.25) is 0 Å². The Morgan fingerprint density at radius 3 is 2.08 bits per heavy atom. The highest BCUT2D eigenvalue weighted by atomic mass is 32.3. The summed E-state index contributed by atoms with van der Waals surface area (Å²) in [5.41, 5.74) is 0. The minimum absolute atomic E-state index is 0.229. The Labute approximate surface area is 77.1 Å². The minimum atomic E-state index is -4.90. The van der Waals surface area contributed by atoms with Gasteiger partial charge in [-0.05, 0) is 10.8 Å². The SMILES string of the molecule is CSC(C(F)(F)S)S(=O)(=O)OF. The van der Waals surface area contributed by atoms with E-state index in [0.717, 1.165) is 6.26 Å². The van der Waals surface area contributed by atoms with Crippen LogP contribution in [0.4, 0.5) is 13.3 Å². The van der Waals surface area contributed by atoms with Crippen LogP contribution in [0.2, 0.25) is 0 Å². The third kappa shape index (κ3) is 3.04. The molecular weight excluding hydrogens is 237 g/mol. The molecule has 0 N–H and O–H groups in total. The summed E-state index contributed by atoms with van der Waals surface area (Å²) in [6, 6.07) is 0. The highest BCUT2D eigenvalue weighted by molar-refractivity contribution is 8.12. The van der Waals surface area contributed by atoms with E-state index >= 15 is 0 Å². The zero-order valence-corrected chi connectivity index (χ0v) is 8.23. The molecule has 0 heterocycles. The first-order valence-electron chi connectivity index (χ1n) is 2.42. The first-order chi connectivity index (χ1) is 5.25. The summed E-state index contributed by atoms with van der Waals surface area (Å²) in [5, 5.41) is -3.84. The number of rotatable bonds is 4. The predicted molar refractivity (Wildman–Crippen MR) is 42.3 cm³/mol. The van der Waals surface area contributed by atoms with Crippen LogP contribution in [-0.2, 0) is 14.5 Å². The fraction of sp³-hybridized carbons (Fsp3) is 1.00. The molecule has 0 aromatic heterocycles. The van der Waals surface area contributed by atoms with E-state index in [4.69, 9.17) is 0 Å². The first kappa shape index (κ1) is 12.4. The Morgan fingerprint density at radius 1 is 1.58 bits per heavy atom. The average Bonchev–Trinajstić information content (AvgIpc) is 1.85. The van der Waals surface area contributed by atoms with Crippen LogP contribution in [0.5, 0.6) is 0 Å². The number of halogens is 3. The van der Waals surface area contributed by atoms with Crippen LogP contribution in [0.15, 0.2) is 0 Å². The van der Waals surface area contributed by atoms with Crippen molar-refractivity contribution in [2.45, 2.75) is 9.84 Å². The van der Waals surface area contributed by atoms with Crippen molar-refractivity contribution in [3.8, 4) is 0 Å². The Bertz CT molecular complexity index is 233. The highest BCUT2D eigenvalue weighted by Gasteiger charge is 2.46. The van der Waals surface area contributed by atoms with Gasteiger partial charge in [0.2, 0.25) is 4.58 Å². The third-order valence-corrected chi connectivity index (χ3v) is 4.46. The molecule has 0 saturated heterocycles. The van der Waals surface area contributed by atoms with E-state index in [0.29, 0.717) is 0 Å². The Balaban J connectivity index is 4.82. The molecule has 0 amide bonds. The van der Waals surface area contributed by atoms with Crippen LogP contribution < -0.4 is 0 Å². The normalized spacial score (nSPS) is 16.1. The van der Waals surface area contributed by atoms with Crippen molar-refractivity contribution in [3.63, 3.8) is 0 Å². The lowest BCUT2D eigenvalue weighted by atomic mass is 10.8. The van der Waals surface area contributed by atoms with Crippen molar-refractivity contribution < 1.29 is 26.1 Å². The second-order valence-corrected chi connectivity index (χ2v) is 5.13. The zero-order chi connectivity index (χ0) is 9.99. The summed E-state index contributed by atoms with van der Waals surface area (Å²) in [4.78, 5) is 0. The fourth-order valence-electron chi connectivity index (χ4n) is 0.466. The quantitative estimate of drug-likeness (QED) is 0.757. The van der Waals surface area contributed by atoms with Crippen LogP contribution in [0.1, 0.15) is 0 Å². The summed E-state index contributed by atoms with van der Waals surface area (Å²) >= 11 is 2.93. The molecule has 0 aliphatic rings. The topological polar surface area (TPSA) is 43.4 Å². The smallest absolute Gasteiger partial charge is 0.195 e. The monoisotopic (exact) mass is 242 g/mol. The van der Waals surface area contributed by atoms with Crippen LogP contribution in [-0.4, -0.2) is 24.5 Å². The van der Waals surface area contributed by atoms with E-state index in [2.05, 4.69) is 17.0 Å². The molecule has 0 aliphatic heterocycles. The number of alkyl halides is 2. The van der Waals surface area contributed by atoms with Crippen molar-refractivity contribution in [2.24, 2.45) is 0 Å². The van der Waals surface area contributed by atoms with Gasteiger partial charge in [-0.1, -0.05) is 4.39 Å². The van der Waals surface area contributed by atoms with Crippen LogP contribution in [0, 0.1) is 0 Å². The lowest BCUT2D eigenvalue weighted by Crippen LogP contribution is -2.32. The zero-order valence-electron chi connectivity index (χ0n) is 5.70. The standard InChI is InChI=1S/C3H5F3O3S3/c1-11-2(3(4,5)10)12(7,8)9-6/h2,10H,1H3. The molecule has 0 rings (SSSR count). The third-order valence-electron chi connectivity index (χ3n) is 0.848.